The smallest absolute Gasteiger partial charge is 0.165 e. The molecule has 0 spiro atoms. The van der Waals surface area contributed by atoms with Gasteiger partial charge < -0.3 is 10.5 Å². The lowest BCUT2D eigenvalue weighted by atomic mass is 10.2. The molecule has 0 atom stereocenters. The van der Waals surface area contributed by atoms with E-state index in [9.17, 15) is 4.39 Å². The predicted molar refractivity (Wildman–Crippen MR) is 75.4 cm³/mol. The first-order chi connectivity index (χ1) is 8.15. The molecule has 0 saturated heterocycles. The van der Waals surface area contributed by atoms with Crippen LogP contribution in [0.15, 0.2) is 18.2 Å². The zero-order chi connectivity index (χ0) is 12.7. The first kappa shape index (κ1) is 14.3. The molecule has 0 aliphatic carbocycles. The zero-order valence-corrected chi connectivity index (χ0v) is 11.4. The van der Waals surface area contributed by atoms with Crippen LogP contribution in [0.1, 0.15) is 18.9 Å². The van der Waals surface area contributed by atoms with Gasteiger partial charge in [0.2, 0.25) is 0 Å². The summed E-state index contributed by atoms with van der Waals surface area (Å²) < 4.78 is 18.9. The van der Waals surface area contributed by atoms with Crippen LogP contribution in [0, 0.1) is 5.82 Å². The van der Waals surface area contributed by atoms with Crippen molar-refractivity contribution in [2.24, 2.45) is 5.73 Å². The fourth-order valence-corrected chi connectivity index (χ4v) is 2.00. The van der Waals surface area contributed by atoms with Gasteiger partial charge in [0.05, 0.1) is 6.61 Å². The monoisotopic (exact) mass is 273 g/mol. The molecule has 0 saturated carbocycles. The van der Waals surface area contributed by atoms with E-state index < -0.39 is 5.82 Å². The quantitative estimate of drug-likeness (QED) is 0.612. The molecule has 0 aromatic heterocycles. The van der Waals surface area contributed by atoms with E-state index in [1.807, 2.05) is 11.8 Å². The van der Waals surface area contributed by atoms with E-state index in [1.165, 1.54) is 6.07 Å². The molecule has 17 heavy (non-hydrogen) atoms. The van der Waals surface area contributed by atoms with E-state index in [0.717, 1.165) is 17.9 Å². The molecule has 2 N–H and O–H groups in total. The molecular formula is C12H16FNOS2. The average Bonchev–Trinajstić information content (AvgIpc) is 2.30. The summed E-state index contributed by atoms with van der Waals surface area (Å²) in [5.74, 6) is 1.96. The van der Waals surface area contributed by atoms with Crippen LogP contribution in [0.25, 0.3) is 0 Å². The minimum atomic E-state index is -0.418. The van der Waals surface area contributed by atoms with E-state index in [1.54, 1.807) is 12.1 Å². The van der Waals surface area contributed by atoms with Gasteiger partial charge >= 0.3 is 0 Å². The number of benzene rings is 1. The Balaban J connectivity index is 2.46. The van der Waals surface area contributed by atoms with Crippen LogP contribution < -0.4 is 10.5 Å². The number of ether oxygens (including phenoxy) is 1. The summed E-state index contributed by atoms with van der Waals surface area (Å²) in [5, 5.41) is 0. The molecule has 0 aliphatic rings. The maximum atomic E-state index is 13.5. The second kappa shape index (κ2) is 7.50. The molecule has 0 radical (unpaired) electrons. The first-order valence-electron chi connectivity index (χ1n) is 5.45. The van der Waals surface area contributed by atoms with Gasteiger partial charge in [0.25, 0.3) is 0 Å². The number of nitrogens with two attached hydrogens (primary N) is 1. The third-order valence-electron chi connectivity index (χ3n) is 2.11. The van der Waals surface area contributed by atoms with Crippen LogP contribution in [0.5, 0.6) is 5.75 Å². The molecule has 1 rings (SSSR count). The van der Waals surface area contributed by atoms with Crippen LogP contribution in [0.4, 0.5) is 4.39 Å². The second-order valence-corrected chi connectivity index (χ2v) is 5.24. The highest BCUT2D eigenvalue weighted by atomic mass is 32.2. The molecule has 5 heteroatoms. The zero-order valence-electron chi connectivity index (χ0n) is 9.74. The summed E-state index contributed by atoms with van der Waals surface area (Å²) in [6, 6.07) is 4.54. The Morgan fingerprint density at radius 1 is 1.53 bits per heavy atom. The van der Waals surface area contributed by atoms with E-state index in [2.05, 4.69) is 6.92 Å². The molecule has 0 amide bonds. The molecule has 0 aliphatic heterocycles. The van der Waals surface area contributed by atoms with Gasteiger partial charge in [-0.15, -0.1) is 0 Å². The normalized spacial score (nSPS) is 10.2. The molecule has 1 aromatic rings. The number of halogens is 1. The fourth-order valence-electron chi connectivity index (χ4n) is 1.26. The summed E-state index contributed by atoms with van der Waals surface area (Å²) in [4.78, 5) is 0.190. The Labute approximate surface area is 111 Å². The SMILES string of the molecule is CCSCCCOc1ccc(C(N)=S)cc1F. The number of thioether (sulfide) groups is 1. The molecule has 0 fully saturated rings. The summed E-state index contributed by atoms with van der Waals surface area (Å²) in [5.41, 5.74) is 5.93. The lowest BCUT2D eigenvalue weighted by molar-refractivity contribution is 0.302. The number of hydrogen-bond acceptors (Lipinski definition) is 3. The Kier molecular flexibility index (Phi) is 6.29. The summed E-state index contributed by atoms with van der Waals surface area (Å²) in [7, 11) is 0. The summed E-state index contributed by atoms with van der Waals surface area (Å²) >= 11 is 6.61. The van der Waals surface area contributed by atoms with Gasteiger partial charge in [-0.05, 0) is 36.1 Å². The van der Waals surface area contributed by atoms with E-state index in [0.29, 0.717) is 12.2 Å². The van der Waals surface area contributed by atoms with Crippen molar-refractivity contribution < 1.29 is 9.13 Å². The average molecular weight is 273 g/mol. The van der Waals surface area contributed by atoms with Gasteiger partial charge in [-0.25, -0.2) is 4.39 Å². The van der Waals surface area contributed by atoms with Crippen molar-refractivity contribution >= 4 is 29.0 Å². The van der Waals surface area contributed by atoms with Gasteiger partial charge in [0.1, 0.15) is 4.99 Å². The molecule has 0 heterocycles. The van der Waals surface area contributed by atoms with Crippen LogP contribution in [0.2, 0.25) is 0 Å². The van der Waals surface area contributed by atoms with Crippen LogP contribution in [-0.4, -0.2) is 23.1 Å². The van der Waals surface area contributed by atoms with Crippen molar-refractivity contribution in [1.82, 2.24) is 0 Å². The fraction of sp³-hybridized carbons (Fsp3) is 0.417. The van der Waals surface area contributed by atoms with E-state index in [4.69, 9.17) is 22.7 Å². The largest absolute Gasteiger partial charge is 0.490 e. The van der Waals surface area contributed by atoms with Crippen molar-refractivity contribution in [1.29, 1.82) is 0 Å². The first-order valence-corrected chi connectivity index (χ1v) is 7.01. The Morgan fingerprint density at radius 3 is 2.88 bits per heavy atom. The van der Waals surface area contributed by atoms with Gasteiger partial charge in [0, 0.05) is 5.56 Å². The third kappa shape index (κ3) is 4.91. The summed E-state index contributed by atoms with van der Waals surface area (Å²) in [6.45, 7) is 2.63. The van der Waals surface area contributed by atoms with Crippen molar-refractivity contribution in [3.63, 3.8) is 0 Å². The van der Waals surface area contributed by atoms with Crippen molar-refractivity contribution in [3.05, 3.63) is 29.6 Å². The topological polar surface area (TPSA) is 35.2 Å². The minimum Gasteiger partial charge on any atom is -0.490 e. The van der Waals surface area contributed by atoms with Gasteiger partial charge in [-0.3, -0.25) is 0 Å². The second-order valence-electron chi connectivity index (χ2n) is 3.41. The van der Waals surface area contributed by atoms with Crippen LogP contribution in [-0.2, 0) is 0 Å². The molecule has 2 nitrogen and oxygen atoms in total. The highest BCUT2D eigenvalue weighted by Crippen LogP contribution is 2.18. The molecule has 94 valence electrons. The lowest BCUT2D eigenvalue weighted by Crippen LogP contribution is -2.10. The maximum absolute atomic E-state index is 13.5. The highest BCUT2D eigenvalue weighted by Gasteiger charge is 2.05. The third-order valence-corrected chi connectivity index (χ3v) is 3.33. The Morgan fingerprint density at radius 2 is 2.29 bits per heavy atom. The standard InChI is InChI=1S/C12H16FNOS2/c1-2-17-7-3-6-15-11-5-4-9(12(14)16)8-10(11)13/h4-5,8H,2-3,6-7H2,1H3,(H2,14,16). The Hall–Kier alpha value is -0.810. The molecule has 0 bridgehead atoms. The highest BCUT2D eigenvalue weighted by molar-refractivity contribution is 7.99. The summed E-state index contributed by atoms with van der Waals surface area (Å²) in [6.07, 6.45) is 0.912. The minimum absolute atomic E-state index is 0.190. The van der Waals surface area contributed by atoms with Gasteiger partial charge in [0.15, 0.2) is 11.6 Å². The van der Waals surface area contributed by atoms with E-state index >= 15 is 0 Å². The van der Waals surface area contributed by atoms with Gasteiger partial charge in [-0.1, -0.05) is 19.1 Å². The number of hydrogen-bond donors (Lipinski definition) is 1. The van der Waals surface area contributed by atoms with Crippen molar-refractivity contribution in [3.8, 4) is 5.75 Å². The van der Waals surface area contributed by atoms with Crippen LogP contribution >= 0.6 is 24.0 Å². The molecule has 0 unspecified atom stereocenters. The van der Waals surface area contributed by atoms with Crippen LogP contribution in [0.3, 0.4) is 0 Å². The maximum Gasteiger partial charge on any atom is 0.165 e. The predicted octanol–water partition coefficient (Wildman–Crippen LogP) is 2.98. The Bertz CT molecular complexity index is 385. The molecular weight excluding hydrogens is 257 g/mol. The molecule has 1 aromatic carbocycles. The van der Waals surface area contributed by atoms with Crippen molar-refractivity contribution in [2.75, 3.05) is 18.1 Å². The van der Waals surface area contributed by atoms with Gasteiger partial charge in [-0.2, -0.15) is 11.8 Å². The number of thiocarbonyl (C=S) groups is 1. The van der Waals surface area contributed by atoms with E-state index in [-0.39, 0.29) is 10.7 Å². The number of rotatable bonds is 7. The van der Waals surface area contributed by atoms with Crippen molar-refractivity contribution in [2.45, 2.75) is 13.3 Å². The lowest BCUT2D eigenvalue weighted by Gasteiger charge is -2.08.